The van der Waals surface area contributed by atoms with Crippen LogP contribution in [-0.4, -0.2) is 52.6 Å². The summed E-state index contributed by atoms with van der Waals surface area (Å²) in [6.45, 7) is -0.0959. The van der Waals surface area contributed by atoms with Gasteiger partial charge in [0.2, 0.25) is 11.6 Å². The first-order chi connectivity index (χ1) is 7.49. The molecule has 1 aliphatic rings. The second kappa shape index (κ2) is 5.52. The highest BCUT2D eigenvalue weighted by molar-refractivity contribution is 7.98. The third-order valence-corrected chi connectivity index (χ3v) is 3.39. The number of carbonyl (C=O) groups is 2. The van der Waals surface area contributed by atoms with Crippen molar-refractivity contribution in [3.8, 4) is 0 Å². The molecule has 1 rings (SSSR count). The molecule has 0 radical (unpaired) electrons. The van der Waals surface area contributed by atoms with Crippen LogP contribution >= 0.6 is 11.8 Å². The van der Waals surface area contributed by atoms with Crippen LogP contribution in [0.5, 0.6) is 0 Å². The molecular weight excluding hydrogens is 233 g/mol. The maximum absolute atomic E-state index is 13.6. The number of likely N-dealkylation sites (tertiary alicyclic amines) is 1. The maximum Gasteiger partial charge on any atom is 0.343 e. The summed E-state index contributed by atoms with van der Waals surface area (Å²) in [5, 5.41) is 8.67. The lowest BCUT2D eigenvalue weighted by molar-refractivity contribution is -0.150. The first-order valence-corrected chi connectivity index (χ1v) is 6.58. The first-order valence-electron chi connectivity index (χ1n) is 5.18. The van der Waals surface area contributed by atoms with Crippen LogP contribution in [-0.2, 0) is 9.59 Å². The summed E-state index contributed by atoms with van der Waals surface area (Å²) in [6.07, 6.45) is 2.98. The average molecular weight is 249 g/mol. The highest BCUT2D eigenvalue weighted by Gasteiger charge is 2.46. The Balaban J connectivity index is 2.41. The van der Waals surface area contributed by atoms with E-state index in [-0.39, 0.29) is 25.4 Å². The van der Waals surface area contributed by atoms with Gasteiger partial charge in [0.1, 0.15) is 0 Å². The molecular formula is C10H16FNO3S. The number of carbonyl (C=O) groups excluding carboxylic acids is 1. The number of thioether (sulfide) groups is 1. The standard InChI is InChI=1S/C10H16FNO3S/c1-16-6-2-3-8(13)12-5-4-10(11,7-12)9(14)15/h2-7H2,1H3,(H,14,15). The zero-order chi connectivity index (χ0) is 12.2. The summed E-state index contributed by atoms with van der Waals surface area (Å²) >= 11 is 1.65. The molecule has 0 aromatic heterocycles. The summed E-state index contributed by atoms with van der Waals surface area (Å²) in [4.78, 5) is 23.5. The van der Waals surface area contributed by atoms with Crippen molar-refractivity contribution in [3.05, 3.63) is 0 Å². The van der Waals surface area contributed by atoms with E-state index in [1.165, 1.54) is 4.90 Å². The first kappa shape index (κ1) is 13.3. The molecule has 6 heteroatoms. The van der Waals surface area contributed by atoms with Gasteiger partial charge in [-0.05, 0) is 18.4 Å². The lowest BCUT2D eigenvalue weighted by Gasteiger charge is -2.17. The number of amides is 1. The van der Waals surface area contributed by atoms with E-state index in [2.05, 4.69) is 0 Å². The number of hydrogen-bond acceptors (Lipinski definition) is 3. The quantitative estimate of drug-likeness (QED) is 0.743. The van der Waals surface area contributed by atoms with Gasteiger partial charge in [-0.25, -0.2) is 9.18 Å². The van der Waals surface area contributed by atoms with Gasteiger partial charge in [0.05, 0.1) is 6.54 Å². The van der Waals surface area contributed by atoms with Gasteiger partial charge in [-0.2, -0.15) is 11.8 Å². The number of aliphatic carboxylic acids is 1. The van der Waals surface area contributed by atoms with Gasteiger partial charge in [0.15, 0.2) is 0 Å². The Bertz CT molecular complexity index is 287. The minimum atomic E-state index is -2.24. The van der Waals surface area contributed by atoms with E-state index < -0.39 is 11.6 Å². The molecule has 1 fully saturated rings. The topological polar surface area (TPSA) is 57.6 Å². The van der Waals surface area contributed by atoms with Crippen molar-refractivity contribution >= 4 is 23.6 Å². The molecule has 1 saturated heterocycles. The molecule has 1 atom stereocenters. The van der Waals surface area contributed by atoms with Crippen molar-refractivity contribution in [3.63, 3.8) is 0 Å². The Morgan fingerprint density at radius 1 is 1.56 bits per heavy atom. The molecule has 0 spiro atoms. The van der Waals surface area contributed by atoms with Crippen LogP contribution in [0.3, 0.4) is 0 Å². The minimum Gasteiger partial charge on any atom is -0.479 e. The third-order valence-electron chi connectivity index (χ3n) is 2.69. The van der Waals surface area contributed by atoms with Crippen LogP contribution in [0, 0.1) is 0 Å². The summed E-state index contributed by atoms with van der Waals surface area (Å²) < 4.78 is 13.6. The number of alkyl halides is 1. The fourth-order valence-electron chi connectivity index (χ4n) is 1.69. The monoisotopic (exact) mass is 249 g/mol. The van der Waals surface area contributed by atoms with Crippen LogP contribution in [0.2, 0.25) is 0 Å². The molecule has 0 saturated carbocycles. The fourth-order valence-corrected chi connectivity index (χ4v) is 2.12. The van der Waals surface area contributed by atoms with Gasteiger partial charge in [-0.1, -0.05) is 0 Å². The molecule has 1 N–H and O–H groups in total. The van der Waals surface area contributed by atoms with Crippen molar-refractivity contribution < 1.29 is 19.1 Å². The molecule has 92 valence electrons. The molecule has 1 heterocycles. The molecule has 1 unspecified atom stereocenters. The normalized spacial score (nSPS) is 24.8. The SMILES string of the molecule is CSCCCC(=O)N1CCC(F)(C(=O)O)C1. The van der Waals surface area contributed by atoms with Gasteiger partial charge >= 0.3 is 5.97 Å². The lowest BCUT2D eigenvalue weighted by Crippen LogP contribution is -2.38. The van der Waals surface area contributed by atoms with Gasteiger partial charge in [0.25, 0.3) is 0 Å². The number of carboxylic acid groups (broad SMARTS) is 1. The van der Waals surface area contributed by atoms with Crippen LogP contribution in [0.4, 0.5) is 4.39 Å². The van der Waals surface area contributed by atoms with Gasteiger partial charge in [0, 0.05) is 19.4 Å². The summed E-state index contributed by atoms with van der Waals surface area (Å²) in [7, 11) is 0. The number of hydrogen-bond donors (Lipinski definition) is 1. The Kier molecular flexibility index (Phi) is 4.58. The Labute approximate surface area is 98.2 Å². The van der Waals surface area contributed by atoms with Crippen molar-refractivity contribution in [2.45, 2.75) is 24.9 Å². The number of halogens is 1. The largest absolute Gasteiger partial charge is 0.479 e. The summed E-state index contributed by atoms with van der Waals surface area (Å²) in [5.74, 6) is -0.721. The second-order valence-corrected chi connectivity index (χ2v) is 4.92. The maximum atomic E-state index is 13.6. The van der Waals surface area contributed by atoms with Crippen LogP contribution in [0.25, 0.3) is 0 Å². The number of rotatable bonds is 5. The van der Waals surface area contributed by atoms with Gasteiger partial charge in [-0.15, -0.1) is 0 Å². The van der Waals surface area contributed by atoms with E-state index in [1.807, 2.05) is 6.26 Å². The molecule has 4 nitrogen and oxygen atoms in total. The van der Waals surface area contributed by atoms with E-state index in [1.54, 1.807) is 11.8 Å². The number of nitrogens with zero attached hydrogens (tertiary/aromatic N) is 1. The van der Waals surface area contributed by atoms with E-state index >= 15 is 0 Å². The molecule has 16 heavy (non-hydrogen) atoms. The molecule has 1 amide bonds. The fraction of sp³-hybridized carbons (Fsp3) is 0.800. The highest BCUT2D eigenvalue weighted by atomic mass is 32.2. The lowest BCUT2D eigenvalue weighted by atomic mass is 10.1. The second-order valence-electron chi connectivity index (χ2n) is 3.93. The average Bonchev–Trinajstić information content (AvgIpc) is 2.63. The minimum absolute atomic E-state index is 0.101. The number of carboxylic acids is 1. The van der Waals surface area contributed by atoms with Crippen LogP contribution < -0.4 is 0 Å². The third kappa shape index (κ3) is 3.10. The van der Waals surface area contributed by atoms with Crippen molar-refractivity contribution in [1.82, 2.24) is 4.90 Å². The Morgan fingerprint density at radius 3 is 2.75 bits per heavy atom. The van der Waals surface area contributed by atoms with Crippen LogP contribution in [0.1, 0.15) is 19.3 Å². The smallest absolute Gasteiger partial charge is 0.343 e. The molecule has 0 aromatic rings. The predicted octanol–water partition coefficient (Wildman–Crippen LogP) is 1.15. The Hall–Kier alpha value is -0.780. The molecule has 0 bridgehead atoms. The molecule has 1 aliphatic heterocycles. The molecule has 0 aromatic carbocycles. The highest BCUT2D eigenvalue weighted by Crippen LogP contribution is 2.26. The van der Waals surface area contributed by atoms with E-state index in [9.17, 15) is 14.0 Å². The predicted molar refractivity (Wildman–Crippen MR) is 60.3 cm³/mol. The van der Waals surface area contributed by atoms with E-state index in [0.717, 1.165) is 12.2 Å². The Morgan fingerprint density at radius 2 is 2.25 bits per heavy atom. The zero-order valence-electron chi connectivity index (χ0n) is 9.24. The summed E-state index contributed by atoms with van der Waals surface area (Å²) in [6, 6.07) is 0. The van der Waals surface area contributed by atoms with Gasteiger partial charge in [-0.3, -0.25) is 4.79 Å². The van der Waals surface area contributed by atoms with Crippen molar-refractivity contribution in [2.75, 3.05) is 25.1 Å². The van der Waals surface area contributed by atoms with Crippen LogP contribution in [0.15, 0.2) is 0 Å². The van der Waals surface area contributed by atoms with Crippen molar-refractivity contribution in [1.29, 1.82) is 0 Å². The van der Waals surface area contributed by atoms with E-state index in [4.69, 9.17) is 5.11 Å². The van der Waals surface area contributed by atoms with E-state index in [0.29, 0.717) is 6.42 Å². The zero-order valence-corrected chi connectivity index (χ0v) is 10.1. The van der Waals surface area contributed by atoms with Gasteiger partial charge < -0.3 is 10.0 Å². The molecule has 0 aliphatic carbocycles. The summed E-state index contributed by atoms with van der Waals surface area (Å²) in [5.41, 5.74) is -2.24. The van der Waals surface area contributed by atoms with Crippen molar-refractivity contribution in [2.24, 2.45) is 0 Å².